The van der Waals surface area contributed by atoms with Gasteiger partial charge in [-0.25, -0.2) is 0 Å². The Kier molecular flexibility index (Phi) is 5.29. The number of rotatable bonds is 6. The lowest BCUT2D eigenvalue weighted by Crippen LogP contribution is -2.13. The highest BCUT2D eigenvalue weighted by Gasteiger charge is 2.00. The van der Waals surface area contributed by atoms with E-state index in [4.69, 9.17) is 32.0 Å². The molecule has 0 fully saturated rings. The third-order valence-corrected chi connectivity index (χ3v) is 2.91. The predicted octanol–water partition coefficient (Wildman–Crippen LogP) is 2.89. The molecule has 110 valence electrons. The molecule has 0 aromatic heterocycles. The van der Waals surface area contributed by atoms with Crippen LogP contribution < -0.4 is 15.2 Å². The van der Waals surface area contributed by atoms with Crippen molar-refractivity contribution in [3.05, 3.63) is 59.1 Å². The molecule has 0 unspecified atom stereocenters. The molecule has 0 spiro atoms. The average Bonchev–Trinajstić information content (AvgIpc) is 2.51. The zero-order valence-electron chi connectivity index (χ0n) is 11.2. The summed E-state index contributed by atoms with van der Waals surface area (Å²) in [5.74, 6) is 1.44. The Hall–Kier alpha value is -2.40. The van der Waals surface area contributed by atoms with Crippen LogP contribution in [0, 0.1) is 0 Å². The van der Waals surface area contributed by atoms with Gasteiger partial charge < -0.3 is 20.4 Å². The second-order valence-corrected chi connectivity index (χ2v) is 4.60. The zero-order valence-corrected chi connectivity index (χ0v) is 12.0. The van der Waals surface area contributed by atoms with Crippen molar-refractivity contribution in [3.8, 4) is 11.5 Å². The second-order valence-electron chi connectivity index (χ2n) is 4.16. The fourth-order valence-corrected chi connectivity index (χ4v) is 1.84. The maximum Gasteiger partial charge on any atom is 0.170 e. The molecular weight excluding hydrogens is 292 g/mol. The molecule has 0 atom stereocenters. The van der Waals surface area contributed by atoms with Crippen molar-refractivity contribution in [2.24, 2.45) is 10.9 Å². The van der Waals surface area contributed by atoms with Crippen molar-refractivity contribution in [3.63, 3.8) is 0 Å². The van der Waals surface area contributed by atoms with Crippen molar-refractivity contribution >= 4 is 17.4 Å². The molecule has 21 heavy (non-hydrogen) atoms. The number of benzene rings is 2. The molecule has 0 bridgehead atoms. The summed E-state index contributed by atoms with van der Waals surface area (Å²) in [6.45, 7) is 0.803. The zero-order chi connectivity index (χ0) is 15.1. The van der Waals surface area contributed by atoms with E-state index >= 15 is 0 Å². The third kappa shape index (κ3) is 4.57. The number of hydrogen-bond acceptors (Lipinski definition) is 4. The predicted molar refractivity (Wildman–Crippen MR) is 81.4 cm³/mol. The van der Waals surface area contributed by atoms with E-state index in [0.717, 1.165) is 0 Å². The van der Waals surface area contributed by atoms with Gasteiger partial charge >= 0.3 is 0 Å². The number of ether oxygens (including phenoxy) is 2. The summed E-state index contributed by atoms with van der Waals surface area (Å²) >= 11 is 5.86. The molecule has 0 aliphatic heterocycles. The molecule has 0 aliphatic rings. The summed E-state index contributed by atoms with van der Waals surface area (Å²) in [5.41, 5.74) is 6.10. The van der Waals surface area contributed by atoms with E-state index < -0.39 is 0 Å². The van der Waals surface area contributed by atoms with E-state index in [1.54, 1.807) is 36.4 Å². The molecule has 0 aliphatic carbocycles. The van der Waals surface area contributed by atoms with Crippen LogP contribution in [-0.2, 0) is 0 Å². The third-order valence-electron chi connectivity index (χ3n) is 2.67. The van der Waals surface area contributed by atoms with Gasteiger partial charge in [0.15, 0.2) is 5.84 Å². The Bertz CT molecular complexity index is 615. The number of nitrogens with two attached hydrogens (primary N) is 1. The number of halogens is 1. The van der Waals surface area contributed by atoms with Gasteiger partial charge in [-0.15, -0.1) is 0 Å². The molecule has 0 saturated carbocycles. The van der Waals surface area contributed by atoms with Crippen LogP contribution in [0.1, 0.15) is 5.56 Å². The van der Waals surface area contributed by atoms with Gasteiger partial charge in [-0.1, -0.05) is 22.8 Å². The van der Waals surface area contributed by atoms with Gasteiger partial charge in [0.05, 0.1) is 0 Å². The molecule has 5 nitrogen and oxygen atoms in total. The van der Waals surface area contributed by atoms with E-state index in [0.29, 0.717) is 35.3 Å². The van der Waals surface area contributed by atoms with Gasteiger partial charge in [0.2, 0.25) is 0 Å². The summed E-state index contributed by atoms with van der Waals surface area (Å²) in [6.07, 6.45) is 0. The highest BCUT2D eigenvalue weighted by Crippen LogP contribution is 2.17. The molecular formula is C15H15ClN2O3. The van der Waals surface area contributed by atoms with Crippen LogP contribution in [0.5, 0.6) is 11.5 Å². The van der Waals surface area contributed by atoms with Gasteiger partial charge in [0.1, 0.15) is 24.7 Å². The van der Waals surface area contributed by atoms with Crippen molar-refractivity contribution in [2.75, 3.05) is 13.2 Å². The van der Waals surface area contributed by atoms with Crippen LogP contribution in [0.4, 0.5) is 0 Å². The average molecular weight is 307 g/mol. The first-order valence-electron chi connectivity index (χ1n) is 6.28. The minimum absolute atomic E-state index is 0.0610. The molecule has 0 amide bonds. The molecule has 3 N–H and O–H groups in total. The maximum atomic E-state index is 8.56. The van der Waals surface area contributed by atoms with Gasteiger partial charge in [-0.3, -0.25) is 0 Å². The maximum absolute atomic E-state index is 8.56. The lowest BCUT2D eigenvalue weighted by atomic mass is 10.2. The standard InChI is InChI=1S/C15H15ClN2O3/c16-12-2-1-3-14(10-12)21-9-8-20-13-6-4-11(5-7-13)15(17)18-19/h1-7,10,19H,8-9H2,(H2,17,18). The largest absolute Gasteiger partial charge is 0.490 e. The van der Waals surface area contributed by atoms with Crippen LogP contribution in [0.25, 0.3) is 0 Å². The normalized spacial score (nSPS) is 11.2. The number of nitrogens with zero attached hydrogens (tertiary/aromatic N) is 1. The molecule has 0 radical (unpaired) electrons. The minimum atomic E-state index is 0.0610. The van der Waals surface area contributed by atoms with Crippen LogP contribution in [0.15, 0.2) is 53.7 Å². The fraction of sp³-hybridized carbons (Fsp3) is 0.133. The van der Waals surface area contributed by atoms with E-state index in [1.807, 2.05) is 12.1 Å². The Morgan fingerprint density at radius 2 is 1.71 bits per heavy atom. The van der Waals surface area contributed by atoms with Crippen molar-refractivity contribution in [2.45, 2.75) is 0 Å². The van der Waals surface area contributed by atoms with Gasteiger partial charge in [-0.05, 0) is 42.5 Å². The molecule has 0 heterocycles. The van der Waals surface area contributed by atoms with E-state index in [-0.39, 0.29) is 5.84 Å². The van der Waals surface area contributed by atoms with Gasteiger partial charge in [0, 0.05) is 10.6 Å². The van der Waals surface area contributed by atoms with Gasteiger partial charge in [0.25, 0.3) is 0 Å². The molecule has 0 saturated heterocycles. The fourth-order valence-electron chi connectivity index (χ4n) is 1.66. The lowest BCUT2D eigenvalue weighted by molar-refractivity contribution is 0.217. The van der Waals surface area contributed by atoms with E-state index in [2.05, 4.69) is 5.16 Å². The first-order valence-corrected chi connectivity index (χ1v) is 6.66. The Morgan fingerprint density at radius 1 is 1.05 bits per heavy atom. The Balaban J connectivity index is 1.78. The summed E-state index contributed by atoms with van der Waals surface area (Å²) < 4.78 is 11.0. The van der Waals surface area contributed by atoms with E-state index in [9.17, 15) is 0 Å². The highest BCUT2D eigenvalue weighted by molar-refractivity contribution is 6.30. The monoisotopic (exact) mass is 306 g/mol. The summed E-state index contributed by atoms with van der Waals surface area (Å²) in [5, 5.41) is 12.1. The Labute approximate surface area is 127 Å². The van der Waals surface area contributed by atoms with Crippen molar-refractivity contribution in [1.82, 2.24) is 0 Å². The number of hydrogen-bond donors (Lipinski definition) is 2. The highest BCUT2D eigenvalue weighted by atomic mass is 35.5. The van der Waals surface area contributed by atoms with Crippen molar-refractivity contribution in [1.29, 1.82) is 0 Å². The first kappa shape index (κ1) is 15.0. The van der Waals surface area contributed by atoms with Crippen molar-refractivity contribution < 1.29 is 14.7 Å². The topological polar surface area (TPSA) is 77.1 Å². The first-order chi connectivity index (χ1) is 10.2. The second kappa shape index (κ2) is 7.40. The molecule has 2 aromatic rings. The molecule has 2 rings (SSSR count). The van der Waals surface area contributed by atoms with Crippen LogP contribution in [-0.4, -0.2) is 24.3 Å². The van der Waals surface area contributed by atoms with Crippen LogP contribution in [0.3, 0.4) is 0 Å². The van der Waals surface area contributed by atoms with Crippen LogP contribution >= 0.6 is 11.6 Å². The number of oxime groups is 1. The SMILES string of the molecule is NC(=NO)c1ccc(OCCOc2cccc(Cl)c2)cc1. The van der Waals surface area contributed by atoms with E-state index in [1.165, 1.54) is 0 Å². The van der Waals surface area contributed by atoms with Crippen LogP contribution in [0.2, 0.25) is 5.02 Å². The summed E-state index contributed by atoms with van der Waals surface area (Å²) in [7, 11) is 0. The smallest absolute Gasteiger partial charge is 0.170 e. The quantitative estimate of drug-likeness (QED) is 0.283. The Morgan fingerprint density at radius 3 is 2.33 bits per heavy atom. The molecule has 2 aromatic carbocycles. The summed E-state index contributed by atoms with van der Waals surface area (Å²) in [4.78, 5) is 0. The summed E-state index contributed by atoms with van der Waals surface area (Å²) in [6, 6.07) is 14.1. The van der Waals surface area contributed by atoms with Gasteiger partial charge in [-0.2, -0.15) is 0 Å². The minimum Gasteiger partial charge on any atom is -0.490 e. The lowest BCUT2D eigenvalue weighted by Gasteiger charge is -2.09. The molecule has 6 heteroatoms. The number of amidine groups is 1.